The van der Waals surface area contributed by atoms with Gasteiger partial charge in [-0.05, 0) is 36.4 Å². The Morgan fingerprint density at radius 3 is 2.75 bits per heavy atom. The molecule has 0 N–H and O–H groups in total. The highest BCUT2D eigenvalue weighted by molar-refractivity contribution is 6.02. The Kier molecular flexibility index (Phi) is 4.17. The molecule has 0 saturated carbocycles. The lowest BCUT2D eigenvalue weighted by molar-refractivity contribution is 0.0973. The van der Waals surface area contributed by atoms with Crippen LogP contribution in [0.3, 0.4) is 0 Å². The number of rotatable bonds is 4. The molecule has 2 heterocycles. The first kappa shape index (κ1) is 15.6. The van der Waals surface area contributed by atoms with E-state index in [0.29, 0.717) is 11.3 Å². The third-order valence-corrected chi connectivity index (χ3v) is 3.59. The van der Waals surface area contributed by atoms with Crippen molar-refractivity contribution in [2.75, 3.05) is 7.11 Å². The number of hydrogen-bond acceptors (Lipinski definition) is 5. The zero-order valence-electron chi connectivity index (χ0n) is 12.7. The second-order valence-corrected chi connectivity index (χ2v) is 5.08. The second-order valence-electron chi connectivity index (χ2n) is 5.08. The first-order valence-electron chi connectivity index (χ1n) is 7.12. The van der Waals surface area contributed by atoms with E-state index in [-0.39, 0.29) is 11.4 Å². The van der Waals surface area contributed by atoms with Crippen LogP contribution in [-0.4, -0.2) is 22.9 Å². The number of hydrogen-bond donors (Lipinski definition) is 0. The SMILES string of the molecule is COc1ccc2nc(C(=O)C(C#N)c3ccc(F)cn3)ccc2c1. The van der Waals surface area contributed by atoms with Crippen LogP contribution < -0.4 is 4.74 Å². The van der Waals surface area contributed by atoms with Crippen molar-refractivity contribution >= 4 is 16.7 Å². The molecule has 0 aliphatic heterocycles. The van der Waals surface area contributed by atoms with Crippen LogP contribution in [0.5, 0.6) is 5.75 Å². The number of fused-ring (bicyclic) bond motifs is 1. The quantitative estimate of drug-likeness (QED) is 0.689. The molecule has 0 amide bonds. The van der Waals surface area contributed by atoms with Gasteiger partial charge in [0.15, 0.2) is 5.92 Å². The van der Waals surface area contributed by atoms with Crippen molar-refractivity contribution in [1.29, 1.82) is 5.26 Å². The summed E-state index contributed by atoms with van der Waals surface area (Å²) < 4.78 is 18.1. The zero-order chi connectivity index (χ0) is 17.1. The van der Waals surface area contributed by atoms with Crippen LogP contribution in [0.25, 0.3) is 10.9 Å². The van der Waals surface area contributed by atoms with Gasteiger partial charge in [0.1, 0.15) is 17.3 Å². The number of halogens is 1. The first-order chi connectivity index (χ1) is 11.6. The van der Waals surface area contributed by atoms with Crippen LogP contribution in [0.4, 0.5) is 4.39 Å². The summed E-state index contributed by atoms with van der Waals surface area (Å²) in [5.74, 6) is -1.45. The molecular weight excluding hydrogens is 309 g/mol. The first-order valence-corrected chi connectivity index (χ1v) is 7.12. The minimum Gasteiger partial charge on any atom is -0.497 e. The van der Waals surface area contributed by atoms with Gasteiger partial charge in [0, 0.05) is 5.39 Å². The summed E-state index contributed by atoms with van der Waals surface area (Å²) in [7, 11) is 1.57. The number of pyridine rings is 2. The Balaban J connectivity index is 1.97. The maximum Gasteiger partial charge on any atom is 0.204 e. The van der Waals surface area contributed by atoms with E-state index in [1.54, 1.807) is 37.4 Å². The molecule has 0 radical (unpaired) electrons. The topological polar surface area (TPSA) is 75.9 Å². The van der Waals surface area contributed by atoms with Gasteiger partial charge in [-0.25, -0.2) is 9.37 Å². The number of aromatic nitrogens is 2. The maximum atomic E-state index is 13.0. The number of ketones is 1. The van der Waals surface area contributed by atoms with Crippen molar-refractivity contribution in [3.8, 4) is 11.8 Å². The normalized spacial score (nSPS) is 11.7. The van der Waals surface area contributed by atoms with Gasteiger partial charge in [0.2, 0.25) is 5.78 Å². The van der Waals surface area contributed by atoms with Crippen molar-refractivity contribution in [2.24, 2.45) is 0 Å². The highest BCUT2D eigenvalue weighted by atomic mass is 19.1. The minimum atomic E-state index is -1.13. The van der Waals surface area contributed by atoms with E-state index in [0.717, 1.165) is 11.6 Å². The van der Waals surface area contributed by atoms with Crippen molar-refractivity contribution in [2.45, 2.75) is 5.92 Å². The number of benzene rings is 1. The Morgan fingerprint density at radius 1 is 1.25 bits per heavy atom. The van der Waals surface area contributed by atoms with Crippen molar-refractivity contribution in [3.63, 3.8) is 0 Å². The van der Waals surface area contributed by atoms with E-state index in [4.69, 9.17) is 4.74 Å². The van der Waals surface area contributed by atoms with Crippen molar-refractivity contribution in [3.05, 3.63) is 65.9 Å². The van der Waals surface area contributed by atoms with Crippen LogP contribution in [0, 0.1) is 17.1 Å². The fourth-order valence-corrected chi connectivity index (χ4v) is 2.33. The molecule has 3 rings (SSSR count). The third kappa shape index (κ3) is 2.92. The Bertz CT molecular complexity index is 949. The fourth-order valence-electron chi connectivity index (χ4n) is 2.33. The largest absolute Gasteiger partial charge is 0.497 e. The summed E-state index contributed by atoms with van der Waals surface area (Å²) >= 11 is 0. The van der Waals surface area contributed by atoms with E-state index >= 15 is 0 Å². The van der Waals surface area contributed by atoms with Crippen LogP contribution in [0.2, 0.25) is 0 Å². The van der Waals surface area contributed by atoms with Gasteiger partial charge in [-0.2, -0.15) is 5.26 Å². The van der Waals surface area contributed by atoms with Gasteiger partial charge in [0.25, 0.3) is 0 Å². The highest BCUT2D eigenvalue weighted by Crippen LogP contribution is 2.22. The summed E-state index contributed by atoms with van der Waals surface area (Å²) in [5.41, 5.74) is 0.969. The average Bonchev–Trinajstić information content (AvgIpc) is 2.62. The number of Topliss-reactive ketones (excluding diaryl/α,β-unsaturated/α-hetero) is 1. The van der Waals surface area contributed by atoms with Crippen LogP contribution >= 0.6 is 0 Å². The van der Waals surface area contributed by atoms with E-state index < -0.39 is 17.5 Å². The minimum absolute atomic E-state index is 0.158. The van der Waals surface area contributed by atoms with Gasteiger partial charge in [0.05, 0.1) is 30.6 Å². The zero-order valence-corrected chi connectivity index (χ0v) is 12.7. The lowest BCUT2D eigenvalue weighted by Crippen LogP contribution is -2.14. The average molecular weight is 321 g/mol. The van der Waals surface area contributed by atoms with E-state index in [1.165, 1.54) is 12.1 Å². The Labute approximate surface area is 137 Å². The smallest absolute Gasteiger partial charge is 0.204 e. The molecule has 5 nitrogen and oxygen atoms in total. The van der Waals surface area contributed by atoms with E-state index in [1.807, 2.05) is 6.07 Å². The molecule has 118 valence electrons. The van der Waals surface area contributed by atoms with Gasteiger partial charge in [-0.1, -0.05) is 6.07 Å². The van der Waals surface area contributed by atoms with Crippen LogP contribution in [-0.2, 0) is 0 Å². The predicted molar refractivity (Wildman–Crippen MR) is 85.2 cm³/mol. The van der Waals surface area contributed by atoms with E-state index in [2.05, 4.69) is 9.97 Å². The predicted octanol–water partition coefficient (Wildman–Crippen LogP) is 3.27. The van der Waals surface area contributed by atoms with Gasteiger partial charge >= 0.3 is 0 Å². The molecule has 3 aromatic rings. The number of ether oxygens (including phenoxy) is 1. The Hall–Kier alpha value is -3.33. The summed E-state index contributed by atoms with van der Waals surface area (Å²) in [6.07, 6.45) is 0.979. The lowest BCUT2D eigenvalue weighted by atomic mass is 9.98. The molecule has 1 unspecified atom stereocenters. The van der Waals surface area contributed by atoms with Crippen LogP contribution in [0.15, 0.2) is 48.7 Å². The van der Waals surface area contributed by atoms with Gasteiger partial charge in [-0.3, -0.25) is 9.78 Å². The lowest BCUT2D eigenvalue weighted by Gasteiger charge is -2.08. The molecule has 0 saturated heterocycles. The molecular formula is C18H12FN3O2. The second kappa shape index (κ2) is 6.42. The monoisotopic (exact) mass is 321 g/mol. The maximum absolute atomic E-state index is 13.0. The summed E-state index contributed by atoms with van der Waals surface area (Å²) in [4.78, 5) is 20.7. The Morgan fingerprint density at radius 2 is 2.08 bits per heavy atom. The van der Waals surface area contributed by atoms with Crippen LogP contribution in [0.1, 0.15) is 22.1 Å². The summed E-state index contributed by atoms with van der Waals surface area (Å²) in [6.45, 7) is 0. The molecule has 1 aromatic carbocycles. The molecule has 6 heteroatoms. The molecule has 24 heavy (non-hydrogen) atoms. The number of methoxy groups -OCH3 is 1. The van der Waals surface area contributed by atoms with Gasteiger partial charge in [-0.15, -0.1) is 0 Å². The molecule has 0 aliphatic carbocycles. The number of carbonyl (C=O) groups is 1. The molecule has 0 aliphatic rings. The summed E-state index contributed by atoms with van der Waals surface area (Å²) in [5, 5.41) is 10.1. The third-order valence-electron chi connectivity index (χ3n) is 3.59. The highest BCUT2D eigenvalue weighted by Gasteiger charge is 2.24. The molecule has 2 aromatic heterocycles. The summed E-state index contributed by atoms with van der Waals surface area (Å²) in [6, 6.07) is 13.0. The van der Waals surface area contributed by atoms with Crippen molar-refractivity contribution < 1.29 is 13.9 Å². The fraction of sp³-hybridized carbons (Fsp3) is 0.111. The standard InChI is InChI=1S/C18H12FN3O2/c1-24-13-4-7-15-11(8-13)2-5-17(22-15)18(23)14(9-20)16-6-3-12(19)10-21-16/h2-8,10,14H,1H3. The number of nitriles is 1. The molecule has 0 fully saturated rings. The number of carbonyl (C=O) groups excluding carboxylic acids is 1. The molecule has 1 atom stereocenters. The van der Waals surface area contributed by atoms with E-state index in [9.17, 15) is 14.4 Å². The molecule has 0 bridgehead atoms. The molecule has 0 spiro atoms. The number of nitrogens with zero attached hydrogens (tertiary/aromatic N) is 3. The van der Waals surface area contributed by atoms with Crippen molar-refractivity contribution in [1.82, 2.24) is 9.97 Å². The van der Waals surface area contributed by atoms with Gasteiger partial charge < -0.3 is 4.74 Å².